The molecule has 1 aliphatic rings. The van der Waals surface area contributed by atoms with Gasteiger partial charge in [-0.2, -0.15) is 0 Å². The van der Waals surface area contributed by atoms with Gasteiger partial charge in [0.05, 0.1) is 42.3 Å². The number of methoxy groups -OCH3 is 2. The maximum atomic E-state index is 12.6. The first-order chi connectivity index (χ1) is 16.0. The lowest BCUT2D eigenvalue weighted by Gasteiger charge is -2.30. The zero-order valence-corrected chi connectivity index (χ0v) is 19.9. The largest absolute Gasteiger partial charge is 0.484 e. The molecule has 1 heterocycles. The topological polar surface area (TPSA) is 163 Å². The summed E-state index contributed by atoms with van der Waals surface area (Å²) in [7, 11) is 2.41. The second-order valence-electron chi connectivity index (χ2n) is 8.14. The highest BCUT2D eigenvalue weighted by atomic mass is 16.6. The van der Waals surface area contributed by atoms with E-state index in [1.165, 1.54) is 32.4 Å². The molecular weight excluding hydrogens is 446 g/mol. The van der Waals surface area contributed by atoms with E-state index in [1.54, 1.807) is 13.8 Å². The summed E-state index contributed by atoms with van der Waals surface area (Å²) < 4.78 is 15.3. The average molecular weight is 478 g/mol. The van der Waals surface area contributed by atoms with E-state index in [0.717, 1.165) is 0 Å². The molecule has 0 amide bonds. The van der Waals surface area contributed by atoms with Gasteiger partial charge in [0, 0.05) is 17.5 Å². The normalized spacial score (nSPS) is 16.0. The Morgan fingerprint density at radius 1 is 1.18 bits per heavy atom. The lowest BCUT2D eigenvalue weighted by molar-refractivity contribution is -0.386. The van der Waals surface area contributed by atoms with Crippen LogP contribution < -0.4 is 15.8 Å². The monoisotopic (exact) mass is 477 g/mol. The number of nitrogens with two attached hydrogens (primary N) is 1. The molecule has 186 valence electrons. The minimum absolute atomic E-state index is 0.0530. The summed E-state index contributed by atoms with van der Waals surface area (Å²) in [5.41, 5.74) is 6.64. The molecule has 0 aromatic heterocycles. The first-order valence-electron chi connectivity index (χ1n) is 10.7. The van der Waals surface area contributed by atoms with Crippen molar-refractivity contribution in [2.75, 3.05) is 27.4 Å². The van der Waals surface area contributed by atoms with E-state index < -0.39 is 28.9 Å². The number of dihydropyridines is 1. The van der Waals surface area contributed by atoms with Crippen molar-refractivity contribution in [3.05, 3.63) is 56.4 Å². The fourth-order valence-corrected chi connectivity index (χ4v) is 3.88. The number of rotatable bonds is 10. The maximum Gasteiger partial charge on any atom is 0.336 e. The zero-order valence-electron chi connectivity index (χ0n) is 19.9. The summed E-state index contributed by atoms with van der Waals surface area (Å²) in [6.45, 7) is 5.41. The van der Waals surface area contributed by atoms with Gasteiger partial charge in [-0.25, -0.2) is 9.59 Å². The number of hydrogen-bond acceptors (Lipinski definition) is 10. The Kier molecular flexibility index (Phi) is 9.16. The van der Waals surface area contributed by atoms with Crippen LogP contribution in [-0.2, 0) is 19.1 Å². The van der Waals surface area contributed by atoms with E-state index in [-0.39, 0.29) is 35.1 Å². The highest BCUT2D eigenvalue weighted by Gasteiger charge is 2.38. The van der Waals surface area contributed by atoms with E-state index in [4.69, 9.17) is 19.9 Å². The second-order valence-corrected chi connectivity index (χ2v) is 8.14. The van der Waals surface area contributed by atoms with Crippen LogP contribution in [0.3, 0.4) is 0 Å². The van der Waals surface area contributed by atoms with Gasteiger partial charge in [-0.1, -0.05) is 13.0 Å². The molecule has 2 rings (SSSR count). The van der Waals surface area contributed by atoms with Crippen molar-refractivity contribution in [2.45, 2.75) is 39.2 Å². The average Bonchev–Trinajstić information content (AvgIpc) is 2.81. The molecule has 11 nitrogen and oxygen atoms in total. The standard InChI is InChI=1S/C23H31N3O8/c1-12(10-24)8-16(27)11-34-18-7-6-15(9-17(18)26(30)31)21-19(22(28)32-4)13(2)25-14(3)20(21)23(29)33-5/h6-7,9,12,16,21,25,27H,8,10-11,24H2,1-5H3. The fraction of sp³-hybridized carbons (Fsp3) is 0.478. The van der Waals surface area contributed by atoms with Gasteiger partial charge in [0.2, 0.25) is 0 Å². The maximum absolute atomic E-state index is 12.6. The van der Waals surface area contributed by atoms with E-state index in [9.17, 15) is 24.8 Å². The molecule has 0 fully saturated rings. The number of carbonyl (C=O) groups is 2. The van der Waals surface area contributed by atoms with Gasteiger partial charge in [-0.05, 0) is 44.4 Å². The van der Waals surface area contributed by atoms with Crippen LogP contribution >= 0.6 is 0 Å². The van der Waals surface area contributed by atoms with Crippen LogP contribution in [0.25, 0.3) is 0 Å². The van der Waals surface area contributed by atoms with E-state index >= 15 is 0 Å². The molecule has 2 atom stereocenters. The van der Waals surface area contributed by atoms with Crippen LogP contribution in [0, 0.1) is 16.0 Å². The number of aliphatic hydroxyl groups is 1. The Morgan fingerprint density at radius 3 is 2.21 bits per heavy atom. The zero-order chi connectivity index (χ0) is 25.6. The third-order valence-corrected chi connectivity index (χ3v) is 5.59. The third kappa shape index (κ3) is 5.91. The number of nitrogens with zero attached hydrogens (tertiary/aromatic N) is 1. The fourth-order valence-electron chi connectivity index (χ4n) is 3.88. The van der Waals surface area contributed by atoms with E-state index in [0.29, 0.717) is 29.9 Å². The number of carbonyl (C=O) groups excluding carboxylic acids is 2. The van der Waals surface area contributed by atoms with Gasteiger partial charge in [-0.15, -0.1) is 0 Å². The molecule has 1 aliphatic heterocycles. The van der Waals surface area contributed by atoms with Crippen molar-refractivity contribution in [3.8, 4) is 5.75 Å². The molecule has 0 radical (unpaired) electrons. The van der Waals surface area contributed by atoms with Crippen molar-refractivity contribution in [1.82, 2.24) is 5.32 Å². The van der Waals surface area contributed by atoms with E-state index in [1.807, 2.05) is 6.92 Å². The lowest BCUT2D eigenvalue weighted by Crippen LogP contribution is -2.32. The summed E-state index contributed by atoms with van der Waals surface area (Å²) in [6.07, 6.45) is -0.466. The molecule has 11 heteroatoms. The summed E-state index contributed by atoms with van der Waals surface area (Å²) in [6, 6.07) is 4.15. The number of aliphatic hydroxyl groups excluding tert-OH is 1. The number of nitrogens with one attached hydrogen (secondary N) is 1. The molecule has 34 heavy (non-hydrogen) atoms. The van der Waals surface area contributed by atoms with Crippen molar-refractivity contribution in [2.24, 2.45) is 11.7 Å². The number of esters is 2. The molecule has 1 aromatic rings. The van der Waals surface area contributed by atoms with Crippen LogP contribution in [0.2, 0.25) is 0 Å². The molecule has 0 bridgehead atoms. The minimum atomic E-state index is -0.968. The van der Waals surface area contributed by atoms with Gasteiger partial charge in [0.1, 0.15) is 6.61 Å². The summed E-state index contributed by atoms with van der Waals surface area (Å²) in [4.78, 5) is 36.4. The summed E-state index contributed by atoms with van der Waals surface area (Å²) in [5, 5.41) is 24.9. The first-order valence-corrected chi connectivity index (χ1v) is 10.7. The van der Waals surface area contributed by atoms with Crippen LogP contribution in [0.1, 0.15) is 38.7 Å². The number of nitro groups is 1. The van der Waals surface area contributed by atoms with Crippen molar-refractivity contribution >= 4 is 17.6 Å². The van der Waals surface area contributed by atoms with Gasteiger partial charge in [0.15, 0.2) is 5.75 Å². The predicted molar refractivity (Wildman–Crippen MR) is 123 cm³/mol. The lowest BCUT2D eigenvalue weighted by atomic mass is 9.80. The molecule has 1 aromatic carbocycles. The molecular formula is C23H31N3O8. The number of nitro benzene ring substituents is 1. The highest BCUT2D eigenvalue weighted by molar-refractivity contribution is 5.99. The second kappa shape index (κ2) is 11.6. The Hall–Kier alpha value is -3.44. The smallest absolute Gasteiger partial charge is 0.336 e. The first kappa shape index (κ1) is 26.8. The van der Waals surface area contributed by atoms with Crippen LogP contribution in [0.15, 0.2) is 40.7 Å². The van der Waals surface area contributed by atoms with Crippen LogP contribution in [-0.4, -0.2) is 55.4 Å². The predicted octanol–water partition coefficient (Wildman–Crippen LogP) is 1.90. The number of ether oxygens (including phenoxy) is 3. The molecule has 2 unspecified atom stereocenters. The summed E-state index contributed by atoms with van der Waals surface area (Å²) in [5.74, 6) is -2.34. The van der Waals surface area contributed by atoms with Gasteiger partial charge in [0.25, 0.3) is 0 Å². The van der Waals surface area contributed by atoms with Crippen molar-refractivity contribution in [1.29, 1.82) is 0 Å². The molecule has 0 aliphatic carbocycles. The highest BCUT2D eigenvalue weighted by Crippen LogP contribution is 2.41. The van der Waals surface area contributed by atoms with Gasteiger partial charge in [-0.3, -0.25) is 10.1 Å². The summed E-state index contributed by atoms with van der Waals surface area (Å²) >= 11 is 0. The Labute approximate surface area is 197 Å². The van der Waals surface area contributed by atoms with Crippen molar-refractivity contribution in [3.63, 3.8) is 0 Å². The molecule has 0 spiro atoms. The quantitative estimate of drug-likeness (QED) is 0.258. The molecule has 4 N–H and O–H groups in total. The minimum Gasteiger partial charge on any atom is -0.484 e. The number of benzene rings is 1. The van der Waals surface area contributed by atoms with Crippen LogP contribution in [0.5, 0.6) is 5.75 Å². The Balaban J connectivity index is 2.52. The van der Waals surface area contributed by atoms with E-state index in [2.05, 4.69) is 5.32 Å². The number of allylic oxidation sites excluding steroid dienone is 2. The third-order valence-electron chi connectivity index (χ3n) is 5.59. The van der Waals surface area contributed by atoms with Gasteiger partial charge >= 0.3 is 17.6 Å². The Morgan fingerprint density at radius 2 is 1.74 bits per heavy atom. The molecule has 0 saturated heterocycles. The van der Waals surface area contributed by atoms with Gasteiger partial charge < -0.3 is 30.4 Å². The molecule has 0 saturated carbocycles. The van der Waals surface area contributed by atoms with Crippen molar-refractivity contribution < 1.29 is 33.8 Å². The SMILES string of the molecule is COC(=O)C1=C(C)NC(C)=C(C(=O)OC)C1c1ccc(OCC(O)CC(C)CN)c([N+](=O)[O-])c1. The van der Waals surface area contributed by atoms with Crippen LogP contribution in [0.4, 0.5) is 5.69 Å². The Bertz CT molecular complexity index is 979. The number of hydrogen-bond donors (Lipinski definition) is 3.